The number of esters is 2. The minimum absolute atomic E-state index is 0.147. The quantitative estimate of drug-likeness (QED) is 0.0195. The number of likely N-dealkylation sites (N-methyl/N-ethyl adjacent to an activating group) is 1. The Morgan fingerprint density at radius 1 is 0.341 bits per heavy atom. The number of hydrogen-bond acceptors (Lipinski definition) is 8. The van der Waals surface area contributed by atoms with Crippen molar-refractivity contribution < 1.29 is 42.9 Å². The molecule has 0 spiro atoms. The Morgan fingerprint density at radius 3 is 0.945 bits per heavy atom. The summed E-state index contributed by atoms with van der Waals surface area (Å²) in [5, 5.41) is 11.9. The van der Waals surface area contributed by atoms with E-state index >= 15 is 0 Å². The highest BCUT2D eigenvalue weighted by Gasteiger charge is 2.22. The molecular weight excluding hydrogens is 1130 g/mol. The maximum atomic E-state index is 13.0. The van der Waals surface area contributed by atoms with E-state index in [-0.39, 0.29) is 32.2 Å². The van der Waals surface area contributed by atoms with Gasteiger partial charge in [-0.05, 0) is 96.3 Å². The lowest BCUT2D eigenvalue weighted by atomic mass is 10.0. The van der Waals surface area contributed by atoms with Crippen molar-refractivity contribution >= 4 is 17.9 Å². The summed E-state index contributed by atoms with van der Waals surface area (Å²) in [5.41, 5.74) is 0. The molecule has 91 heavy (non-hydrogen) atoms. The molecule has 0 bridgehead atoms. The monoisotopic (exact) mass is 1270 g/mol. The highest BCUT2D eigenvalue weighted by molar-refractivity contribution is 5.70. The van der Waals surface area contributed by atoms with Crippen molar-refractivity contribution in [3.05, 3.63) is 97.2 Å². The number of aliphatic carboxylic acids is 1. The van der Waals surface area contributed by atoms with E-state index in [4.69, 9.17) is 18.9 Å². The highest BCUT2D eigenvalue weighted by atomic mass is 16.7. The third-order valence-corrected chi connectivity index (χ3v) is 16.8. The molecule has 0 saturated heterocycles. The fourth-order valence-electron chi connectivity index (χ4n) is 11.0. The smallest absolute Gasteiger partial charge is 0.306 e. The predicted molar refractivity (Wildman–Crippen MR) is 389 cm³/mol. The number of quaternary nitrogens is 1. The Balaban J connectivity index is 4.05. The van der Waals surface area contributed by atoms with Gasteiger partial charge in [-0.2, -0.15) is 0 Å². The van der Waals surface area contributed by atoms with Gasteiger partial charge in [-0.1, -0.05) is 336 Å². The number of carboxylic acids is 1. The van der Waals surface area contributed by atoms with Gasteiger partial charge < -0.3 is 33.3 Å². The average Bonchev–Trinajstić information content (AvgIpc) is 3.50. The van der Waals surface area contributed by atoms with Gasteiger partial charge in [0.15, 0.2) is 12.4 Å². The van der Waals surface area contributed by atoms with Gasteiger partial charge in [-0.25, -0.2) is 0 Å². The van der Waals surface area contributed by atoms with Crippen molar-refractivity contribution in [1.82, 2.24) is 0 Å². The van der Waals surface area contributed by atoms with Gasteiger partial charge in [0.25, 0.3) is 0 Å². The number of hydrogen-bond donors (Lipinski definition) is 0. The zero-order valence-corrected chi connectivity index (χ0v) is 60.2. The molecule has 0 aromatic rings. The Hall–Kier alpha value is -3.79. The second-order valence-corrected chi connectivity index (χ2v) is 26.9. The highest BCUT2D eigenvalue weighted by Crippen LogP contribution is 2.18. The van der Waals surface area contributed by atoms with Crippen LogP contribution in [-0.2, 0) is 33.3 Å². The standard InChI is InChI=1S/C82H145NO8/c1-6-8-10-12-14-16-18-20-22-24-26-28-30-32-34-36-37-38-39-40-41-42-43-45-47-49-51-53-55-57-59-61-63-65-67-69-71-73-80(85)91-78(77-90-82(81(86)87)88-75-74-83(3,4)5)76-89-79(84)72-70-68-66-64-62-60-58-56-54-52-50-48-46-44-35-33-31-29-27-25-23-21-19-17-15-13-11-9-7-2/h8,10,14,16,20,22,25-28,32,34,37-38,40-41,78,82H,6-7,9,11-13,15,17-19,21,23-24,29-31,33,35-36,39,42-77H2,1-5H3/b10-8-,16-14-,22-20-,27-25-,28-26-,34-32-,38-37-,41-40-. The Bertz CT molecular complexity index is 1820. The second-order valence-electron chi connectivity index (χ2n) is 26.9. The Morgan fingerprint density at radius 2 is 0.626 bits per heavy atom. The molecule has 0 saturated carbocycles. The minimum atomic E-state index is -1.62. The molecule has 0 aromatic carbocycles. The summed E-state index contributed by atoms with van der Waals surface area (Å²) < 4.78 is 22.9. The van der Waals surface area contributed by atoms with E-state index in [2.05, 4.69) is 111 Å². The van der Waals surface area contributed by atoms with Gasteiger partial charge in [0.05, 0.1) is 40.3 Å². The van der Waals surface area contributed by atoms with E-state index in [1.807, 2.05) is 21.1 Å². The first-order chi connectivity index (χ1) is 44.6. The van der Waals surface area contributed by atoms with Crippen LogP contribution in [0, 0.1) is 0 Å². The van der Waals surface area contributed by atoms with E-state index in [1.54, 1.807) is 0 Å². The van der Waals surface area contributed by atoms with Crippen LogP contribution < -0.4 is 5.11 Å². The lowest BCUT2D eigenvalue weighted by Gasteiger charge is -2.26. The number of carbonyl (C=O) groups excluding carboxylic acids is 3. The maximum Gasteiger partial charge on any atom is 0.306 e. The molecule has 0 heterocycles. The molecule has 2 atom stereocenters. The molecule has 526 valence electrons. The van der Waals surface area contributed by atoms with Crippen LogP contribution in [0.25, 0.3) is 0 Å². The van der Waals surface area contributed by atoms with Gasteiger partial charge in [-0.15, -0.1) is 0 Å². The molecule has 2 unspecified atom stereocenters. The van der Waals surface area contributed by atoms with Gasteiger partial charge in [0.1, 0.15) is 13.2 Å². The van der Waals surface area contributed by atoms with Crippen molar-refractivity contribution in [3.63, 3.8) is 0 Å². The number of carbonyl (C=O) groups is 3. The van der Waals surface area contributed by atoms with Crippen LogP contribution in [0.4, 0.5) is 0 Å². The zero-order valence-electron chi connectivity index (χ0n) is 60.2. The molecular formula is C82H145NO8. The SMILES string of the molecule is CC/C=C\C/C=C\C/C=C\C/C=C\C/C=C\C/C=C\C/C=C\CCCCCCCCCCCCCCCCCC(=O)OC(COC(=O)CCCCCCCCCCCCCCCCCCC/C=C\CCCCCCCCCC)COC(OCC[N+](C)(C)C)C(=O)[O-]. The van der Waals surface area contributed by atoms with Crippen LogP contribution >= 0.6 is 0 Å². The third kappa shape index (κ3) is 73.5. The molecule has 0 aliphatic rings. The summed E-state index contributed by atoms with van der Waals surface area (Å²) in [4.78, 5) is 37.6. The molecule has 0 aliphatic carbocycles. The number of allylic oxidation sites excluding steroid dienone is 16. The number of carboxylic acid groups (broad SMARTS) is 1. The summed E-state index contributed by atoms with van der Waals surface area (Å²) in [7, 11) is 5.94. The topological polar surface area (TPSA) is 111 Å². The zero-order chi connectivity index (χ0) is 66.1. The van der Waals surface area contributed by atoms with Crippen molar-refractivity contribution in [2.75, 3.05) is 47.5 Å². The lowest BCUT2D eigenvalue weighted by Crippen LogP contribution is -2.44. The minimum Gasteiger partial charge on any atom is -0.545 e. The summed E-state index contributed by atoms with van der Waals surface area (Å²) in [5.74, 6) is -2.27. The Labute approximate surface area is 562 Å². The van der Waals surface area contributed by atoms with E-state index in [0.29, 0.717) is 23.9 Å². The van der Waals surface area contributed by atoms with Crippen LogP contribution in [-0.4, -0.2) is 82.3 Å². The van der Waals surface area contributed by atoms with E-state index in [1.165, 1.54) is 231 Å². The van der Waals surface area contributed by atoms with Crippen molar-refractivity contribution in [1.29, 1.82) is 0 Å². The predicted octanol–water partition coefficient (Wildman–Crippen LogP) is 23.0. The van der Waals surface area contributed by atoms with Crippen LogP contribution in [0.15, 0.2) is 97.2 Å². The first-order valence-electron chi connectivity index (χ1n) is 38.4. The van der Waals surface area contributed by atoms with Crippen molar-refractivity contribution in [2.45, 2.75) is 360 Å². The maximum absolute atomic E-state index is 13.0. The van der Waals surface area contributed by atoms with Gasteiger partial charge in [0, 0.05) is 12.8 Å². The van der Waals surface area contributed by atoms with Gasteiger partial charge in [0.2, 0.25) is 0 Å². The molecule has 0 fully saturated rings. The molecule has 0 rings (SSSR count). The number of rotatable bonds is 71. The average molecular weight is 1270 g/mol. The molecule has 0 aromatic heterocycles. The number of ether oxygens (including phenoxy) is 4. The van der Waals surface area contributed by atoms with Crippen molar-refractivity contribution in [3.8, 4) is 0 Å². The first kappa shape index (κ1) is 87.2. The fraction of sp³-hybridized carbons (Fsp3) is 0.768. The van der Waals surface area contributed by atoms with Crippen molar-refractivity contribution in [2.24, 2.45) is 0 Å². The normalized spacial score (nSPS) is 13.2. The molecule has 0 aliphatic heterocycles. The van der Waals surface area contributed by atoms with E-state index in [0.717, 1.165) is 83.5 Å². The third-order valence-electron chi connectivity index (χ3n) is 16.8. The Kier molecular flexibility index (Phi) is 69.0. The molecule has 9 nitrogen and oxygen atoms in total. The number of nitrogens with zero attached hydrogens (tertiary/aromatic N) is 1. The summed E-state index contributed by atoms with van der Waals surface area (Å²) in [6.07, 6.45) is 96.5. The molecule has 0 N–H and O–H groups in total. The van der Waals surface area contributed by atoms with Gasteiger partial charge >= 0.3 is 11.9 Å². The van der Waals surface area contributed by atoms with E-state index in [9.17, 15) is 19.5 Å². The van der Waals surface area contributed by atoms with Crippen LogP contribution in [0.1, 0.15) is 348 Å². The summed E-state index contributed by atoms with van der Waals surface area (Å²) in [6.45, 7) is 4.68. The molecule has 0 amide bonds. The lowest BCUT2D eigenvalue weighted by molar-refractivity contribution is -0.870. The summed E-state index contributed by atoms with van der Waals surface area (Å²) >= 11 is 0. The van der Waals surface area contributed by atoms with E-state index < -0.39 is 24.3 Å². The largest absolute Gasteiger partial charge is 0.545 e. The van der Waals surface area contributed by atoms with Crippen LogP contribution in [0.2, 0.25) is 0 Å². The first-order valence-corrected chi connectivity index (χ1v) is 38.4. The number of unbranched alkanes of at least 4 members (excludes halogenated alkanes) is 40. The molecule has 0 radical (unpaired) electrons. The summed E-state index contributed by atoms with van der Waals surface area (Å²) in [6, 6.07) is 0. The van der Waals surface area contributed by atoms with Gasteiger partial charge in [-0.3, -0.25) is 9.59 Å². The second kappa shape index (κ2) is 72.0. The van der Waals surface area contributed by atoms with Crippen LogP contribution in [0.5, 0.6) is 0 Å². The van der Waals surface area contributed by atoms with Crippen LogP contribution in [0.3, 0.4) is 0 Å². The molecule has 9 heteroatoms. The fourth-order valence-corrected chi connectivity index (χ4v) is 11.0.